The summed E-state index contributed by atoms with van der Waals surface area (Å²) in [6.45, 7) is 4.64. The summed E-state index contributed by atoms with van der Waals surface area (Å²) in [6.07, 6.45) is 22.7. The third-order valence-corrected chi connectivity index (χ3v) is 9.20. The van der Waals surface area contributed by atoms with Crippen molar-refractivity contribution in [3.63, 3.8) is 0 Å². The molecule has 0 heterocycles. The van der Waals surface area contributed by atoms with Crippen molar-refractivity contribution in [1.82, 2.24) is 0 Å². The second-order valence-electron chi connectivity index (χ2n) is 11.7. The van der Waals surface area contributed by atoms with Gasteiger partial charge in [0.1, 0.15) is 0 Å². The Labute approximate surface area is 211 Å². The standard InChI is InChI=1S/C34H50/c1-3-5-6-7-8-10-28-13-17-30(18-14-28)32-21-25-34(26-22-32)33-23-19-31(20-24-33)29-15-11-27(9-4-2)12-16-29/h19-30H,3-18H2,1-2H3. The van der Waals surface area contributed by atoms with E-state index in [0.29, 0.717) is 0 Å². The average molecular weight is 459 g/mol. The van der Waals surface area contributed by atoms with Crippen LogP contribution in [0.2, 0.25) is 0 Å². The molecule has 2 aromatic carbocycles. The molecule has 2 saturated carbocycles. The van der Waals surface area contributed by atoms with Crippen LogP contribution >= 0.6 is 0 Å². The van der Waals surface area contributed by atoms with E-state index < -0.39 is 0 Å². The predicted molar refractivity (Wildman–Crippen MR) is 150 cm³/mol. The van der Waals surface area contributed by atoms with Crippen LogP contribution < -0.4 is 0 Å². The van der Waals surface area contributed by atoms with Crippen molar-refractivity contribution in [3.05, 3.63) is 59.7 Å². The number of benzene rings is 2. The largest absolute Gasteiger partial charge is 0.0654 e. The van der Waals surface area contributed by atoms with Crippen molar-refractivity contribution >= 4 is 0 Å². The van der Waals surface area contributed by atoms with Crippen LogP contribution in [-0.4, -0.2) is 0 Å². The zero-order valence-electron chi connectivity index (χ0n) is 22.2. The minimum absolute atomic E-state index is 0.788. The maximum absolute atomic E-state index is 2.42. The summed E-state index contributed by atoms with van der Waals surface area (Å²) in [6, 6.07) is 19.2. The quantitative estimate of drug-likeness (QED) is 0.294. The third kappa shape index (κ3) is 7.22. The lowest BCUT2D eigenvalue weighted by molar-refractivity contribution is 0.302. The van der Waals surface area contributed by atoms with E-state index in [1.165, 1.54) is 114 Å². The van der Waals surface area contributed by atoms with E-state index in [-0.39, 0.29) is 0 Å². The number of rotatable bonds is 11. The Bertz CT molecular complexity index is 798. The first-order valence-electron chi connectivity index (χ1n) is 15.0. The molecule has 0 aromatic heterocycles. The molecule has 0 spiro atoms. The zero-order chi connectivity index (χ0) is 23.6. The molecule has 0 radical (unpaired) electrons. The van der Waals surface area contributed by atoms with E-state index in [2.05, 4.69) is 62.4 Å². The van der Waals surface area contributed by atoms with Crippen LogP contribution in [0.5, 0.6) is 0 Å². The van der Waals surface area contributed by atoms with E-state index in [9.17, 15) is 0 Å². The minimum atomic E-state index is 0.788. The Morgan fingerprint density at radius 3 is 1.35 bits per heavy atom. The molecule has 0 unspecified atom stereocenters. The van der Waals surface area contributed by atoms with Gasteiger partial charge < -0.3 is 0 Å². The van der Waals surface area contributed by atoms with Gasteiger partial charge in [-0.3, -0.25) is 0 Å². The van der Waals surface area contributed by atoms with Gasteiger partial charge in [0.2, 0.25) is 0 Å². The monoisotopic (exact) mass is 458 g/mol. The van der Waals surface area contributed by atoms with Crippen LogP contribution in [0.1, 0.15) is 140 Å². The van der Waals surface area contributed by atoms with Gasteiger partial charge in [-0.05, 0) is 97.3 Å². The molecule has 0 atom stereocenters. The molecule has 0 nitrogen and oxygen atoms in total. The zero-order valence-corrected chi connectivity index (χ0v) is 22.2. The minimum Gasteiger partial charge on any atom is -0.0654 e. The van der Waals surface area contributed by atoms with Gasteiger partial charge >= 0.3 is 0 Å². The van der Waals surface area contributed by atoms with Crippen LogP contribution in [0.3, 0.4) is 0 Å². The fraction of sp³-hybridized carbons (Fsp3) is 0.647. The highest BCUT2D eigenvalue weighted by atomic mass is 14.3. The van der Waals surface area contributed by atoms with Crippen molar-refractivity contribution < 1.29 is 0 Å². The highest BCUT2D eigenvalue weighted by Crippen LogP contribution is 2.40. The Morgan fingerprint density at radius 1 is 0.471 bits per heavy atom. The Kier molecular flexibility index (Phi) is 10.1. The summed E-state index contributed by atoms with van der Waals surface area (Å²) >= 11 is 0. The summed E-state index contributed by atoms with van der Waals surface area (Å²) in [4.78, 5) is 0. The number of hydrogen-bond donors (Lipinski definition) is 0. The lowest BCUT2D eigenvalue weighted by Crippen LogP contribution is -2.13. The highest BCUT2D eigenvalue weighted by molar-refractivity contribution is 5.64. The van der Waals surface area contributed by atoms with Crippen LogP contribution in [0.15, 0.2) is 48.5 Å². The molecule has 2 fully saturated rings. The van der Waals surface area contributed by atoms with E-state index in [1.54, 1.807) is 11.1 Å². The van der Waals surface area contributed by atoms with Crippen molar-refractivity contribution in [2.75, 3.05) is 0 Å². The molecule has 0 N–H and O–H groups in total. The molecule has 2 aliphatic rings. The maximum atomic E-state index is 2.42. The Morgan fingerprint density at radius 2 is 0.912 bits per heavy atom. The van der Waals surface area contributed by atoms with Crippen LogP contribution in [0, 0.1) is 11.8 Å². The molecule has 0 heteroatoms. The summed E-state index contributed by atoms with van der Waals surface area (Å²) in [5.74, 6) is 3.56. The van der Waals surface area contributed by atoms with E-state index in [0.717, 1.165) is 23.7 Å². The first-order valence-corrected chi connectivity index (χ1v) is 15.0. The fourth-order valence-electron chi connectivity index (χ4n) is 6.91. The predicted octanol–water partition coefficient (Wildman–Crippen LogP) is 11.1. The van der Waals surface area contributed by atoms with E-state index in [4.69, 9.17) is 0 Å². The van der Waals surface area contributed by atoms with Gasteiger partial charge in [-0.25, -0.2) is 0 Å². The molecule has 0 saturated heterocycles. The smallest absolute Gasteiger partial charge is 0.0162 e. The third-order valence-electron chi connectivity index (χ3n) is 9.20. The van der Waals surface area contributed by atoms with Gasteiger partial charge in [0.05, 0.1) is 0 Å². The van der Waals surface area contributed by atoms with Crippen molar-refractivity contribution in [2.45, 2.75) is 128 Å². The molecule has 4 rings (SSSR count). The summed E-state index contributed by atoms with van der Waals surface area (Å²) in [7, 11) is 0. The average Bonchev–Trinajstić information content (AvgIpc) is 2.90. The summed E-state index contributed by atoms with van der Waals surface area (Å²) in [5.41, 5.74) is 5.90. The molecule has 2 aromatic rings. The summed E-state index contributed by atoms with van der Waals surface area (Å²) in [5, 5.41) is 0. The van der Waals surface area contributed by atoms with Crippen LogP contribution in [0.4, 0.5) is 0 Å². The van der Waals surface area contributed by atoms with Crippen LogP contribution in [-0.2, 0) is 0 Å². The van der Waals surface area contributed by atoms with Gasteiger partial charge in [0.15, 0.2) is 0 Å². The molecule has 186 valence electrons. The highest BCUT2D eigenvalue weighted by Gasteiger charge is 2.23. The first-order chi connectivity index (χ1) is 16.8. The van der Waals surface area contributed by atoms with Gasteiger partial charge in [-0.2, -0.15) is 0 Å². The SMILES string of the molecule is CCCCCCCC1CCC(c2ccc(-c3ccc(C4CCC(CCC)CC4)cc3)cc2)CC1. The molecule has 34 heavy (non-hydrogen) atoms. The van der Waals surface area contributed by atoms with Gasteiger partial charge in [-0.1, -0.05) is 114 Å². The molecule has 0 aliphatic heterocycles. The van der Waals surface area contributed by atoms with Gasteiger partial charge in [-0.15, -0.1) is 0 Å². The van der Waals surface area contributed by atoms with Crippen molar-refractivity contribution in [3.8, 4) is 11.1 Å². The van der Waals surface area contributed by atoms with E-state index >= 15 is 0 Å². The normalized spacial score (nSPS) is 25.4. The van der Waals surface area contributed by atoms with E-state index in [1.807, 2.05) is 0 Å². The first kappa shape index (κ1) is 25.5. The number of hydrogen-bond acceptors (Lipinski definition) is 0. The fourth-order valence-corrected chi connectivity index (χ4v) is 6.91. The van der Waals surface area contributed by atoms with Crippen molar-refractivity contribution in [1.29, 1.82) is 0 Å². The molecule has 0 amide bonds. The molecular formula is C34H50. The lowest BCUT2D eigenvalue weighted by atomic mass is 9.76. The molecule has 0 bridgehead atoms. The second kappa shape index (κ2) is 13.5. The Hall–Kier alpha value is -1.56. The maximum Gasteiger partial charge on any atom is -0.0162 e. The molecular weight excluding hydrogens is 408 g/mol. The Balaban J connectivity index is 1.24. The number of unbranched alkanes of at least 4 members (excludes halogenated alkanes) is 4. The topological polar surface area (TPSA) is 0 Å². The van der Waals surface area contributed by atoms with Gasteiger partial charge in [0, 0.05) is 0 Å². The second-order valence-corrected chi connectivity index (χ2v) is 11.7. The summed E-state index contributed by atoms with van der Waals surface area (Å²) < 4.78 is 0. The van der Waals surface area contributed by atoms with Crippen LogP contribution in [0.25, 0.3) is 11.1 Å². The molecule has 2 aliphatic carbocycles. The lowest BCUT2D eigenvalue weighted by Gasteiger charge is -2.29. The van der Waals surface area contributed by atoms with Crippen molar-refractivity contribution in [2.24, 2.45) is 11.8 Å². The van der Waals surface area contributed by atoms with Gasteiger partial charge in [0.25, 0.3) is 0 Å².